The van der Waals surface area contributed by atoms with Crippen LogP contribution in [0.2, 0.25) is 0 Å². The highest BCUT2D eigenvalue weighted by molar-refractivity contribution is 7.80. The second-order valence-electron chi connectivity index (χ2n) is 5.47. The largest absolute Gasteiger partial charge is 0.497 e. The normalized spacial score (nSPS) is 14.5. The van der Waals surface area contributed by atoms with E-state index in [1.807, 2.05) is 0 Å². The number of benzene rings is 2. The van der Waals surface area contributed by atoms with Gasteiger partial charge in [-0.3, -0.25) is 10.2 Å². The number of halogens is 3. The monoisotopic (exact) mass is 394 g/mol. The molecule has 0 atom stereocenters. The Morgan fingerprint density at radius 2 is 1.89 bits per heavy atom. The van der Waals surface area contributed by atoms with E-state index in [9.17, 15) is 18.0 Å². The Morgan fingerprint density at radius 1 is 1.19 bits per heavy atom. The summed E-state index contributed by atoms with van der Waals surface area (Å²) >= 11 is 5.05. The molecule has 0 spiro atoms. The summed E-state index contributed by atoms with van der Waals surface area (Å²) in [5.41, 5.74) is 3.36. The summed E-state index contributed by atoms with van der Waals surface area (Å²) < 4.78 is 42.8. The summed E-state index contributed by atoms with van der Waals surface area (Å²) in [6.07, 6.45) is -4.41. The first-order valence-electron chi connectivity index (χ1n) is 7.59. The fourth-order valence-corrected chi connectivity index (χ4v) is 2.55. The molecule has 0 aliphatic carbocycles. The number of amides is 1. The molecule has 10 heteroatoms. The number of hydrogen-bond donors (Lipinski definition) is 3. The smallest absolute Gasteiger partial charge is 0.416 e. The number of hydrogen-bond acceptors (Lipinski definition) is 4. The Kier molecular flexibility index (Phi) is 5.00. The van der Waals surface area contributed by atoms with Gasteiger partial charge < -0.3 is 15.4 Å². The number of carbonyl (C=O) groups is 1. The van der Waals surface area contributed by atoms with E-state index >= 15 is 0 Å². The van der Waals surface area contributed by atoms with Crippen LogP contribution in [0.5, 0.6) is 5.75 Å². The summed E-state index contributed by atoms with van der Waals surface area (Å²) in [4.78, 5) is 12.0. The van der Waals surface area contributed by atoms with Crippen LogP contribution >= 0.6 is 12.2 Å². The molecule has 2 aromatic rings. The maximum atomic E-state index is 12.6. The third kappa shape index (κ3) is 4.17. The maximum Gasteiger partial charge on any atom is 0.416 e. The Morgan fingerprint density at radius 3 is 2.52 bits per heavy atom. The zero-order valence-electron chi connectivity index (χ0n) is 13.8. The third-order valence-corrected chi connectivity index (χ3v) is 3.88. The van der Waals surface area contributed by atoms with E-state index in [4.69, 9.17) is 17.0 Å². The lowest BCUT2D eigenvalue weighted by atomic mass is 10.1. The Hall–Kier alpha value is -3.14. The highest BCUT2D eigenvalue weighted by Gasteiger charge is 2.30. The summed E-state index contributed by atoms with van der Waals surface area (Å²) in [6, 6.07) is 9.39. The molecule has 27 heavy (non-hydrogen) atoms. The van der Waals surface area contributed by atoms with Crippen LogP contribution in [-0.2, 0) is 11.0 Å². The third-order valence-electron chi connectivity index (χ3n) is 3.68. The molecular formula is C17H13F3N4O2S. The minimum atomic E-state index is -4.41. The van der Waals surface area contributed by atoms with Crippen LogP contribution in [0.25, 0.3) is 0 Å². The molecule has 2 aromatic carbocycles. The van der Waals surface area contributed by atoms with Crippen molar-refractivity contribution in [2.75, 3.05) is 17.7 Å². The number of carbonyl (C=O) groups excluding carboxylic acids is 1. The van der Waals surface area contributed by atoms with Crippen molar-refractivity contribution in [3.05, 3.63) is 53.6 Å². The fourth-order valence-electron chi connectivity index (χ4n) is 2.38. The van der Waals surface area contributed by atoms with E-state index in [1.165, 1.54) is 19.2 Å². The zero-order chi connectivity index (χ0) is 19.6. The van der Waals surface area contributed by atoms with Gasteiger partial charge in [0.1, 0.15) is 5.75 Å². The van der Waals surface area contributed by atoms with Crippen molar-refractivity contribution in [1.82, 2.24) is 5.43 Å². The minimum absolute atomic E-state index is 0.0250. The van der Waals surface area contributed by atoms with Crippen molar-refractivity contribution in [2.45, 2.75) is 6.18 Å². The molecule has 0 unspecified atom stereocenters. The van der Waals surface area contributed by atoms with E-state index < -0.39 is 17.6 Å². The Labute approximate surface area is 157 Å². The van der Waals surface area contributed by atoms with Gasteiger partial charge >= 0.3 is 6.18 Å². The van der Waals surface area contributed by atoms with E-state index in [0.717, 1.165) is 12.1 Å². The first-order valence-corrected chi connectivity index (χ1v) is 8.00. The lowest BCUT2D eigenvalue weighted by Gasteiger charge is -2.10. The average molecular weight is 394 g/mol. The second-order valence-corrected chi connectivity index (χ2v) is 5.88. The first-order chi connectivity index (χ1) is 12.8. The van der Waals surface area contributed by atoms with Crippen molar-refractivity contribution in [3.63, 3.8) is 0 Å². The van der Waals surface area contributed by atoms with E-state index in [2.05, 4.69) is 21.2 Å². The lowest BCUT2D eigenvalue weighted by molar-refractivity contribution is -0.137. The molecule has 3 rings (SSSR count). The molecule has 3 N–H and O–H groups in total. The Balaban J connectivity index is 1.68. The Bertz CT molecular complexity index is 927. The predicted octanol–water partition coefficient (Wildman–Crippen LogP) is 3.36. The topological polar surface area (TPSA) is 74.8 Å². The van der Waals surface area contributed by atoms with Crippen molar-refractivity contribution in [3.8, 4) is 5.75 Å². The van der Waals surface area contributed by atoms with Crippen LogP contribution in [0.3, 0.4) is 0 Å². The van der Waals surface area contributed by atoms with Gasteiger partial charge in [-0.1, -0.05) is 0 Å². The molecule has 1 aliphatic heterocycles. The average Bonchev–Trinajstić information content (AvgIpc) is 2.93. The number of hydrazone groups is 1. The second kappa shape index (κ2) is 7.23. The van der Waals surface area contributed by atoms with Crippen LogP contribution in [0.15, 0.2) is 47.6 Å². The highest BCUT2D eigenvalue weighted by atomic mass is 32.1. The number of rotatable bonds is 3. The summed E-state index contributed by atoms with van der Waals surface area (Å²) in [7, 11) is 1.51. The van der Waals surface area contributed by atoms with Gasteiger partial charge in [-0.15, -0.1) is 0 Å². The number of nitrogens with zero attached hydrogens (tertiary/aromatic N) is 1. The van der Waals surface area contributed by atoms with E-state index in [0.29, 0.717) is 22.7 Å². The lowest BCUT2D eigenvalue weighted by Crippen LogP contribution is -2.27. The van der Waals surface area contributed by atoms with Crippen LogP contribution in [0.1, 0.15) is 11.1 Å². The number of fused-ring (bicyclic) bond motifs is 1. The number of nitrogens with one attached hydrogen (secondary N) is 3. The van der Waals surface area contributed by atoms with Gasteiger partial charge in [0.15, 0.2) is 10.8 Å². The standard InChI is InChI=1S/C17H13F3N4O2S/c1-26-11-6-7-12-13(8-11)22-15(25)14(12)23-24-16(27)21-10-4-2-9(3-5-10)17(18,19)20/h2-8H,1H3,(H2,21,24,27)(H,22,23,25). The number of alkyl halides is 3. The SMILES string of the molecule is COc1ccc2c(c1)NC(=O)/C2=N\NC(=S)Nc1ccc(C(F)(F)F)cc1. The van der Waals surface area contributed by atoms with Gasteiger partial charge in [0.2, 0.25) is 0 Å². The molecule has 1 heterocycles. The van der Waals surface area contributed by atoms with Gasteiger partial charge in [-0.05, 0) is 48.6 Å². The number of ether oxygens (including phenoxy) is 1. The summed E-state index contributed by atoms with van der Waals surface area (Å²) in [5.74, 6) is 0.172. The van der Waals surface area contributed by atoms with Crippen LogP contribution in [0.4, 0.5) is 24.5 Å². The zero-order valence-corrected chi connectivity index (χ0v) is 14.7. The number of thiocarbonyl (C=S) groups is 1. The first kappa shape index (κ1) is 18.6. The van der Waals surface area contributed by atoms with Crippen molar-refractivity contribution in [1.29, 1.82) is 0 Å². The maximum absolute atomic E-state index is 12.6. The molecule has 1 amide bonds. The molecule has 0 radical (unpaired) electrons. The molecule has 0 fully saturated rings. The quantitative estimate of drug-likeness (QED) is 0.550. The van der Waals surface area contributed by atoms with Gasteiger partial charge in [0.25, 0.3) is 5.91 Å². The van der Waals surface area contributed by atoms with Crippen molar-refractivity contribution >= 4 is 40.3 Å². The predicted molar refractivity (Wildman–Crippen MR) is 99.0 cm³/mol. The molecule has 6 nitrogen and oxygen atoms in total. The van der Waals surface area contributed by atoms with Gasteiger partial charge in [0, 0.05) is 17.3 Å². The molecule has 0 aromatic heterocycles. The van der Waals surface area contributed by atoms with E-state index in [-0.39, 0.29) is 10.8 Å². The van der Waals surface area contributed by atoms with E-state index in [1.54, 1.807) is 18.2 Å². The van der Waals surface area contributed by atoms with Crippen LogP contribution < -0.4 is 20.8 Å². The van der Waals surface area contributed by atoms with Crippen molar-refractivity contribution < 1.29 is 22.7 Å². The van der Waals surface area contributed by atoms with Gasteiger partial charge in [0.05, 0.1) is 18.4 Å². The van der Waals surface area contributed by atoms with Gasteiger partial charge in [-0.25, -0.2) is 0 Å². The highest BCUT2D eigenvalue weighted by Crippen LogP contribution is 2.30. The van der Waals surface area contributed by atoms with Crippen LogP contribution in [0, 0.1) is 0 Å². The van der Waals surface area contributed by atoms with Gasteiger partial charge in [-0.2, -0.15) is 18.3 Å². The molecule has 0 saturated heterocycles. The minimum Gasteiger partial charge on any atom is -0.497 e. The fraction of sp³-hybridized carbons (Fsp3) is 0.118. The number of anilines is 2. The molecule has 140 valence electrons. The number of methoxy groups -OCH3 is 1. The molecule has 0 saturated carbocycles. The van der Waals surface area contributed by atoms with Crippen molar-refractivity contribution in [2.24, 2.45) is 5.10 Å². The summed E-state index contributed by atoms with van der Waals surface area (Å²) in [6.45, 7) is 0. The van der Waals surface area contributed by atoms with Crippen LogP contribution in [-0.4, -0.2) is 23.8 Å². The molecule has 0 bridgehead atoms. The molecule has 1 aliphatic rings. The summed E-state index contributed by atoms with van der Waals surface area (Å²) in [5, 5.41) is 9.36. The molecular weight excluding hydrogens is 381 g/mol.